The van der Waals surface area contributed by atoms with Crippen LogP contribution in [0.2, 0.25) is 0 Å². The standard InChI is InChI=1S/C31H30N6O2/c32-22-26(30(38)33-15-14-24-9-3-1-4-10-24)21-27-29(34-28-13-7-8-16-37(28)31(27)39)36-19-17-35(18-20-36)23-25-11-5-2-6-12-25/h1-13,16,21H,14-15,17-20,23H2,(H,33,38). The maximum atomic E-state index is 13.6. The molecule has 4 aromatic rings. The molecule has 0 aliphatic carbocycles. The average molecular weight is 519 g/mol. The Bertz CT molecular complexity index is 1570. The van der Waals surface area contributed by atoms with Crippen LogP contribution < -0.4 is 15.8 Å². The van der Waals surface area contributed by atoms with E-state index in [1.807, 2.05) is 60.7 Å². The van der Waals surface area contributed by atoms with Gasteiger partial charge in [0.15, 0.2) is 0 Å². The van der Waals surface area contributed by atoms with E-state index in [2.05, 4.69) is 27.2 Å². The van der Waals surface area contributed by atoms with Gasteiger partial charge in [-0.05, 0) is 35.8 Å². The number of fused-ring (bicyclic) bond motifs is 1. The number of carbonyl (C=O) groups is 1. The Morgan fingerprint density at radius 3 is 2.28 bits per heavy atom. The monoisotopic (exact) mass is 518 g/mol. The summed E-state index contributed by atoms with van der Waals surface area (Å²) in [5.74, 6) is -0.0139. The van der Waals surface area contributed by atoms with Crippen molar-refractivity contribution < 1.29 is 4.79 Å². The Balaban J connectivity index is 1.38. The first-order valence-corrected chi connectivity index (χ1v) is 13.1. The molecule has 0 unspecified atom stereocenters. The van der Waals surface area contributed by atoms with Crippen molar-refractivity contribution in [3.05, 3.63) is 118 Å². The molecule has 8 heteroatoms. The number of pyridine rings is 1. The van der Waals surface area contributed by atoms with Gasteiger partial charge in [0, 0.05) is 45.5 Å². The second-order valence-electron chi connectivity index (χ2n) is 9.49. The molecule has 1 N–H and O–H groups in total. The fourth-order valence-corrected chi connectivity index (χ4v) is 4.77. The van der Waals surface area contributed by atoms with Crippen LogP contribution in [0.25, 0.3) is 11.7 Å². The van der Waals surface area contributed by atoms with Gasteiger partial charge < -0.3 is 10.2 Å². The summed E-state index contributed by atoms with van der Waals surface area (Å²) in [4.78, 5) is 35.7. The van der Waals surface area contributed by atoms with E-state index in [9.17, 15) is 14.9 Å². The van der Waals surface area contributed by atoms with Crippen LogP contribution in [0.5, 0.6) is 0 Å². The van der Waals surface area contributed by atoms with Crippen molar-refractivity contribution in [2.24, 2.45) is 0 Å². The molecule has 1 aliphatic heterocycles. The summed E-state index contributed by atoms with van der Waals surface area (Å²) < 4.78 is 1.45. The molecule has 1 amide bonds. The number of anilines is 1. The van der Waals surface area contributed by atoms with Crippen molar-refractivity contribution in [3.63, 3.8) is 0 Å². The van der Waals surface area contributed by atoms with E-state index in [0.29, 0.717) is 37.5 Å². The molecule has 0 bridgehead atoms. The van der Waals surface area contributed by atoms with Crippen molar-refractivity contribution in [3.8, 4) is 6.07 Å². The lowest BCUT2D eigenvalue weighted by molar-refractivity contribution is -0.117. The number of nitrogens with zero attached hydrogens (tertiary/aromatic N) is 5. The van der Waals surface area contributed by atoms with E-state index in [0.717, 1.165) is 25.2 Å². The Kier molecular flexibility index (Phi) is 8.10. The lowest BCUT2D eigenvalue weighted by atomic mass is 10.1. The Morgan fingerprint density at radius 2 is 1.59 bits per heavy atom. The molecule has 1 saturated heterocycles. The van der Waals surface area contributed by atoms with Gasteiger partial charge in [-0.25, -0.2) is 4.98 Å². The third-order valence-electron chi connectivity index (χ3n) is 6.87. The number of hydrogen-bond donors (Lipinski definition) is 1. The number of amides is 1. The number of carbonyl (C=O) groups excluding carboxylic acids is 1. The van der Waals surface area contributed by atoms with E-state index < -0.39 is 5.91 Å². The van der Waals surface area contributed by atoms with Crippen LogP contribution in [0.3, 0.4) is 0 Å². The van der Waals surface area contributed by atoms with Gasteiger partial charge in [0.05, 0.1) is 5.56 Å². The SMILES string of the molecule is N#CC(=Cc1c(N2CCN(Cc3ccccc3)CC2)nc2ccccn2c1=O)C(=O)NCCc1ccccc1. The third kappa shape index (κ3) is 6.22. The third-order valence-corrected chi connectivity index (χ3v) is 6.87. The average Bonchev–Trinajstić information content (AvgIpc) is 2.98. The van der Waals surface area contributed by atoms with E-state index in [4.69, 9.17) is 4.98 Å². The molecule has 39 heavy (non-hydrogen) atoms. The van der Waals surface area contributed by atoms with Gasteiger partial charge in [-0.1, -0.05) is 66.7 Å². The molecule has 2 aromatic heterocycles. The van der Waals surface area contributed by atoms with Gasteiger partial charge >= 0.3 is 0 Å². The highest BCUT2D eigenvalue weighted by atomic mass is 16.1. The predicted octanol–water partition coefficient (Wildman–Crippen LogP) is 3.28. The molecule has 0 spiro atoms. The normalized spacial score (nSPS) is 14.2. The zero-order valence-corrected chi connectivity index (χ0v) is 21.7. The van der Waals surface area contributed by atoms with Crippen LogP contribution >= 0.6 is 0 Å². The predicted molar refractivity (Wildman–Crippen MR) is 152 cm³/mol. The van der Waals surface area contributed by atoms with Crippen LogP contribution in [-0.4, -0.2) is 52.9 Å². The van der Waals surface area contributed by atoms with Crippen molar-refractivity contribution in [1.82, 2.24) is 19.6 Å². The zero-order valence-electron chi connectivity index (χ0n) is 21.7. The lowest BCUT2D eigenvalue weighted by Crippen LogP contribution is -2.47. The smallest absolute Gasteiger partial charge is 0.267 e. The molecule has 5 rings (SSSR count). The topological polar surface area (TPSA) is 93.7 Å². The zero-order chi connectivity index (χ0) is 27.0. The minimum Gasteiger partial charge on any atom is -0.353 e. The summed E-state index contributed by atoms with van der Waals surface area (Å²) in [5.41, 5.74) is 2.67. The largest absolute Gasteiger partial charge is 0.353 e. The highest BCUT2D eigenvalue weighted by molar-refractivity contribution is 6.02. The van der Waals surface area contributed by atoms with E-state index in [-0.39, 0.29) is 16.7 Å². The second kappa shape index (κ2) is 12.2. The summed E-state index contributed by atoms with van der Waals surface area (Å²) in [7, 11) is 0. The molecule has 0 saturated carbocycles. The van der Waals surface area contributed by atoms with Gasteiger partial charge in [-0.2, -0.15) is 5.26 Å². The van der Waals surface area contributed by atoms with Crippen LogP contribution in [-0.2, 0) is 17.8 Å². The molecule has 2 aromatic carbocycles. The maximum Gasteiger partial charge on any atom is 0.267 e. The number of nitrogens with one attached hydrogen (secondary N) is 1. The minimum atomic E-state index is -0.510. The number of benzene rings is 2. The van der Waals surface area contributed by atoms with Crippen LogP contribution in [0.1, 0.15) is 16.7 Å². The maximum absolute atomic E-state index is 13.6. The molecule has 0 radical (unpaired) electrons. The van der Waals surface area contributed by atoms with Crippen molar-refractivity contribution in [2.75, 3.05) is 37.6 Å². The van der Waals surface area contributed by atoms with Gasteiger partial charge in [0.25, 0.3) is 11.5 Å². The van der Waals surface area contributed by atoms with E-state index in [1.54, 1.807) is 18.3 Å². The Labute approximate surface area is 227 Å². The van der Waals surface area contributed by atoms with Crippen LogP contribution in [0.4, 0.5) is 5.82 Å². The molecular formula is C31H30N6O2. The van der Waals surface area contributed by atoms with Crippen LogP contribution in [0.15, 0.2) is 95.4 Å². The number of piperazine rings is 1. The van der Waals surface area contributed by atoms with Crippen LogP contribution in [0, 0.1) is 11.3 Å². The van der Waals surface area contributed by atoms with Gasteiger partial charge in [-0.15, -0.1) is 0 Å². The van der Waals surface area contributed by atoms with Gasteiger partial charge in [0.2, 0.25) is 0 Å². The lowest BCUT2D eigenvalue weighted by Gasteiger charge is -2.36. The minimum absolute atomic E-state index is 0.123. The number of nitriles is 1. The van der Waals surface area contributed by atoms with E-state index in [1.165, 1.54) is 16.0 Å². The summed E-state index contributed by atoms with van der Waals surface area (Å²) in [6.45, 7) is 4.20. The number of aromatic nitrogens is 2. The molecule has 1 fully saturated rings. The fraction of sp³-hybridized carbons (Fsp3) is 0.226. The highest BCUT2D eigenvalue weighted by Crippen LogP contribution is 2.21. The second-order valence-corrected chi connectivity index (χ2v) is 9.49. The summed E-state index contributed by atoms with van der Waals surface area (Å²) >= 11 is 0. The van der Waals surface area contributed by atoms with Crippen molar-refractivity contribution in [1.29, 1.82) is 5.26 Å². The summed E-state index contributed by atoms with van der Waals surface area (Å²) in [6.07, 6.45) is 3.68. The molecule has 1 aliphatic rings. The van der Waals surface area contributed by atoms with Gasteiger partial charge in [0.1, 0.15) is 23.1 Å². The summed E-state index contributed by atoms with van der Waals surface area (Å²) in [6, 6.07) is 27.5. The highest BCUT2D eigenvalue weighted by Gasteiger charge is 2.23. The molecule has 3 heterocycles. The first kappa shape index (κ1) is 25.9. The fourth-order valence-electron chi connectivity index (χ4n) is 4.77. The molecular weight excluding hydrogens is 488 g/mol. The van der Waals surface area contributed by atoms with Crippen molar-refractivity contribution >= 4 is 23.4 Å². The molecule has 196 valence electrons. The first-order chi connectivity index (χ1) is 19.1. The summed E-state index contributed by atoms with van der Waals surface area (Å²) in [5, 5.41) is 12.6. The quantitative estimate of drug-likeness (QED) is 0.284. The Hall–Kier alpha value is -4.74. The first-order valence-electron chi connectivity index (χ1n) is 13.1. The number of hydrogen-bond acceptors (Lipinski definition) is 6. The Morgan fingerprint density at radius 1 is 0.923 bits per heavy atom. The molecule has 0 atom stereocenters. The molecule has 8 nitrogen and oxygen atoms in total. The van der Waals surface area contributed by atoms with E-state index >= 15 is 0 Å². The van der Waals surface area contributed by atoms with Crippen molar-refractivity contribution in [2.45, 2.75) is 13.0 Å². The van der Waals surface area contributed by atoms with Gasteiger partial charge in [-0.3, -0.25) is 18.9 Å². The number of rotatable bonds is 8.